The lowest BCUT2D eigenvalue weighted by Gasteiger charge is -2.34. The molecule has 5 heteroatoms. The highest BCUT2D eigenvalue weighted by molar-refractivity contribution is 5.99. The zero-order chi connectivity index (χ0) is 15.0. The summed E-state index contributed by atoms with van der Waals surface area (Å²) in [6.07, 6.45) is 1.34. The van der Waals surface area contributed by atoms with Crippen molar-refractivity contribution in [2.45, 2.75) is 18.9 Å². The molecule has 1 aromatic heterocycles. The van der Waals surface area contributed by atoms with Gasteiger partial charge >= 0.3 is 0 Å². The van der Waals surface area contributed by atoms with Gasteiger partial charge in [-0.3, -0.25) is 4.79 Å². The van der Waals surface area contributed by atoms with Crippen LogP contribution in [0.5, 0.6) is 0 Å². The number of aliphatic hydroxyl groups is 1. The van der Waals surface area contributed by atoms with Gasteiger partial charge in [0, 0.05) is 19.0 Å². The van der Waals surface area contributed by atoms with E-state index in [0.29, 0.717) is 24.0 Å². The Hall–Kier alpha value is -2.14. The zero-order valence-corrected chi connectivity index (χ0v) is 12.0. The van der Waals surface area contributed by atoms with E-state index >= 15 is 0 Å². The number of anilines is 1. The Bertz CT molecular complexity index is 680. The largest absolute Gasteiger partial charge is 0.393 e. The van der Waals surface area contributed by atoms with Crippen molar-refractivity contribution in [1.82, 2.24) is 9.88 Å². The van der Waals surface area contributed by atoms with Crippen LogP contribution in [0.3, 0.4) is 0 Å². The number of carbonyl (C=O) groups excluding carboxylic acids is 1. The number of hydrogen-bond donors (Lipinski definition) is 2. The first-order chi connectivity index (χ1) is 10.0. The van der Waals surface area contributed by atoms with Crippen molar-refractivity contribution in [3.8, 4) is 0 Å². The molecule has 0 unspecified atom stereocenters. The monoisotopic (exact) mass is 285 g/mol. The van der Waals surface area contributed by atoms with Gasteiger partial charge in [0.05, 0.1) is 6.10 Å². The molecule has 21 heavy (non-hydrogen) atoms. The molecule has 2 aromatic rings. The number of pyridine rings is 1. The first-order valence-corrected chi connectivity index (χ1v) is 7.13. The van der Waals surface area contributed by atoms with E-state index < -0.39 is 0 Å². The molecule has 110 valence electrons. The van der Waals surface area contributed by atoms with E-state index in [9.17, 15) is 9.90 Å². The molecule has 0 spiro atoms. The average Bonchev–Trinajstić information content (AvgIpc) is 2.44. The second-order valence-corrected chi connectivity index (χ2v) is 5.79. The van der Waals surface area contributed by atoms with Gasteiger partial charge in [-0.15, -0.1) is 0 Å². The summed E-state index contributed by atoms with van der Waals surface area (Å²) >= 11 is 0. The third kappa shape index (κ3) is 2.69. The molecule has 0 atom stereocenters. The molecule has 1 aliphatic rings. The van der Waals surface area contributed by atoms with Crippen LogP contribution in [0.2, 0.25) is 0 Å². The fraction of sp³-hybridized carbons (Fsp3) is 0.375. The van der Waals surface area contributed by atoms with E-state index in [2.05, 4.69) is 4.98 Å². The number of nitrogens with zero attached hydrogens (tertiary/aromatic N) is 2. The van der Waals surface area contributed by atoms with Crippen LogP contribution in [0.1, 0.15) is 23.3 Å². The number of fused-ring (bicyclic) bond motifs is 1. The number of carbonyl (C=O) groups is 1. The van der Waals surface area contributed by atoms with Crippen LogP contribution in [-0.4, -0.2) is 40.6 Å². The number of aromatic nitrogens is 1. The second kappa shape index (κ2) is 5.33. The lowest BCUT2D eigenvalue weighted by Crippen LogP contribution is -2.39. The van der Waals surface area contributed by atoms with Crippen LogP contribution in [0, 0.1) is 5.92 Å². The Morgan fingerprint density at radius 2 is 2.14 bits per heavy atom. The van der Waals surface area contributed by atoms with Crippen molar-refractivity contribution in [3.63, 3.8) is 0 Å². The van der Waals surface area contributed by atoms with E-state index in [1.165, 1.54) is 0 Å². The summed E-state index contributed by atoms with van der Waals surface area (Å²) in [7, 11) is 1.76. The van der Waals surface area contributed by atoms with Crippen LogP contribution in [0.25, 0.3) is 10.8 Å². The minimum Gasteiger partial charge on any atom is -0.393 e. The van der Waals surface area contributed by atoms with Gasteiger partial charge in [0.15, 0.2) is 0 Å². The summed E-state index contributed by atoms with van der Waals surface area (Å²) in [5, 5.41) is 11.1. The Kier molecular flexibility index (Phi) is 3.51. The van der Waals surface area contributed by atoms with E-state index in [4.69, 9.17) is 5.73 Å². The predicted molar refractivity (Wildman–Crippen MR) is 81.8 cm³/mol. The van der Waals surface area contributed by atoms with Crippen molar-refractivity contribution in [2.24, 2.45) is 5.92 Å². The number of rotatable bonds is 3. The van der Waals surface area contributed by atoms with Gasteiger partial charge in [0.2, 0.25) is 0 Å². The van der Waals surface area contributed by atoms with E-state index in [-0.39, 0.29) is 12.0 Å². The van der Waals surface area contributed by atoms with Crippen molar-refractivity contribution < 1.29 is 9.90 Å². The quantitative estimate of drug-likeness (QED) is 0.899. The van der Waals surface area contributed by atoms with Crippen molar-refractivity contribution in [3.05, 3.63) is 36.0 Å². The topological polar surface area (TPSA) is 79.5 Å². The van der Waals surface area contributed by atoms with Crippen molar-refractivity contribution in [1.29, 1.82) is 0 Å². The molecule has 1 aliphatic carbocycles. The zero-order valence-electron chi connectivity index (χ0n) is 12.0. The maximum atomic E-state index is 12.4. The van der Waals surface area contributed by atoms with Gasteiger partial charge in [0.25, 0.3) is 5.91 Å². The third-order valence-corrected chi connectivity index (χ3v) is 4.08. The highest BCUT2D eigenvalue weighted by Crippen LogP contribution is 2.28. The summed E-state index contributed by atoms with van der Waals surface area (Å²) in [5.41, 5.74) is 6.31. The highest BCUT2D eigenvalue weighted by atomic mass is 16.3. The Morgan fingerprint density at radius 3 is 2.86 bits per heavy atom. The van der Waals surface area contributed by atoms with Crippen LogP contribution in [-0.2, 0) is 0 Å². The molecule has 1 aromatic carbocycles. The van der Waals surface area contributed by atoms with Crippen LogP contribution >= 0.6 is 0 Å². The molecular formula is C16H19N3O2. The summed E-state index contributed by atoms with van der Waals surface area (Å²) in [4.78, 5) is 18.3. The van der Waals surface area contributed by atoms with Crippen LogP contribution in [0.4, 0.5) is 5.82 Å². The molecule has 0 saturated heterocycles. The standard InChI is InChI=1S/C16H19N3O2/c1-19(9-10-6-12(20)7-10)16(21)14-8-11-4-2-3-5-13(11)15(17)18-14/h2-5,8,10,12,20H,6-7,9H2,1H3,(H2,17,18). The number of benzene rings is 1. The number of nitrogen functional groups attached to an aromatic ring is 1. The Morgan fingerprint density at radius 1 is 1.43 bits per heavy atom. The molecule has 0 bridgehead atoms. The third-order valence-electron chi connectivity index (χ3n) is 4.08. The molecule has 0 radical (unpaired) electrons. The van der Waals surface area contributed by atoms with Crippen molar-refractivity contribution >= 4 is 22.5 Å². The molecule has 3 N–H and O–H groups in total. The van der Waals surface area contributed by atoms with Gasteiger partial charge in [-0.1, -0.05) is 24.3 Å². The minimum atomic E-state index is -0.201. The molecule has 1 heterocycles. The molecule has 3 rings (SSSR count). The van der Waals surface area contributed by atoms with E-state index in [0.717, 1.165) is 23.6 Å². The van der Waals surface area contributed by atoms with Gasteiger partial charge in [-0.25, -0.2) is 4.98 Å². The molecular weight excluding hydrogens is 266 g/mol. The number of aliphatic hydroxyl groups excluding tert-OH is 1. The molecule has 0 aliphatic heterocycles. The summed E-state index contributed by atoms with van der Waals surface area (Å²) in [6, 6.07) is 9.41. The van der Waals surface area contributed by atoms with E-state index in [1.54, 1.807) is 18.0 Å². The fourth-order valence-electron chi connectivity index (χ4n) is 2.85. The molecule has 5 nitrogen and oxygen atoms in total. The normalized spacial score (nSPS) is 21.0. The van der Waals surface area contributed by atoms with Gasteiger partial charge in [0.1, 0.15) is 11.5 Å². The van der Waals surface area contributed by atoms with Crippen LogP contribution in [0.15, 0.2) is 30.3 Å². The first-order valence-electron chi connectivity index (χ1n) is 7.13. The molecule has 1 amide bonds. The fourth-order valence-corrected chi connectivity index (χ4v) is 2.85. The minimum absolute atomic E-state index is 0.131. The Labute approximate surface area is 123 Å². The molecule has 1 fully saturated rings. The first kappa shape index (κ1) is 13.8. The summed E-state index contributed by atoms with van der Waals surface area (Å²) < 4.78 is 0. The van der Waals surface area contributed by atoms with Gasteiger partial charge in [-0.05, 0) is 30.2 Å². The van der Waals surface area contributed by atoms with Gasteiger partial charge in [-0.2, -0.15) is 0 Å². The van der Waals surface area contributed by atoms with Gasteiger partial charge < -0.3 is 15.7 Å². The lowest BCUT2D eigenvalue weighted by atomic mass is 9.82. The highest BCUT2D eigenvalue weighted by Gasteiger charge is 2.29. The van der Waals surface area contributed by atoms with Crippen LogP contribution < -0.4 is 5.73 Å². The van der Waals surface area contributed by atoms with Crippen molar-refractivity contribution in [2.75, 3.05) is 19.3 Å². The molecule has 1 saturated carbocycles. The maximum Gasteiger partial charge on any atom is 0.272 e. The number of hydrogen-bond acceptors (Lipinski definition) is 4. The van der Waals surface area contributed by atoms with E-state index in [1.807, 2.05) is 24.3 Å². The summed E-state index contributed by atoms with van der Waals surface area (Å²) in [5.74, 6) is 0.629. The smallest absolute Gasteiger partial charge is 0.272 e. The maximum absolute atomic E-state index is 12.4. The predicted octanol–water partition coefficient (Wildman–Crippen LogP) is 1.66. The lowest BCUT2D eigenvalue weighted by molar-refractivity contribution is 0.0264. The number of nitrogens with two attached hydrogens (primary N) is 1. The number of amides is 1. The second-order valence-electron chi connectivity index (χ2n) is 5.79. The Balaban J connectivity index is 1.80. The SMILES string of the molecule is CN(CC1CC(O)C1)C(=O)c1cc2ccccc2c(N)n1. The summed E-state index contributed by atoms with van der Waals surface area (Å²) in [6.45, 7) is 0.643. The average molecular weight is 285 g/mol.